The highest BCUT2D eigenvalue weighted by Gasteiger charge is 2.02. The zero-order valence-electron chi connectivity index (χ0n) is 16.0. The Bertz CT molecular complexity index is 547. The van der Waals surface area contributed by atoms with Gasteiger partial charge in [0.05, 0.1) is 6.20 Å². The van der Waals surface area contributed by atoms with Crippen LogP contribution in [0.3, 0.4) is 0 Å². The van der Waals surface area contributed by atoms with E-state index in [-0.39, 0.29) is 0 Å². The highest BCUT2D eigenvalue weighted by atomic mass is 15.4. The van der Waals surface area contributed by atoms with E-state index in [1.54, 1.807) is 0 Å². The Hall–Kier alpha value is -1.64. The zero-order valence-corrected chi connectivity index (χ0v) is 16.0. The molecule has 1 heterocycles. The Balaban J connectivity index is 1.45. The molecule has 0 saturated carbocycles. The minimum atomic E-state index is 0.972. The molecule has 0 aliphatic carbocycles. The first kappa shape index (κ1) is 19.7. The first-order valence-corrected chi connectivity index (χ1v) is 10.4. The molecule has 0 aliphatic rings. The summed E-state index contributed by atoms with van der Waals surface area (Å²) in [4.78, 5) is 0. The van der Waals surface area contributed by atoms with Gasteiger partial charge in [-0.25, -0.2) is 0 Å². The molecule has 0 fully saturated rings. The summed E-state index contributed by atoms with van der Waals surface area (Å²) in [6, 6.07) is 10.3. The largest absolute Gasteiger partial charge is 0.252 e. The van der Waals surface area contributed by atoms with Crippen LogP contribution in [0, 0.1) is 0 Å². The number of aromatic nitrogens is 3. The molecule has 138 valence electrons. The van der Waals surface area contributed by atoms with Gasteiger partial charge in [-0.15, -0.1) is 5.10 Å². The quantitative estimate of drug-likeness (QED) is 0.360. The molecule has 1 aromatic carbocycles. The maximum atomic E-state index is 4.27. The van der Waals surface area contributed by atoms with Gasteiger partial charge < -0.3 is 0 Å². The zero-order chi connectivity index (χ0) is 17.6. The van der Waals surface area contributed by atoms with Crippen molar-refractivity contribution in [2.75, 3.05) is 0 Å². The van der Waals surface area contributed by atoms with E-state index >= 15 is 0 Å². The summed E-state index contributed by atoms with van der Waals surface area (Å²) < 4.78 is 1.98. The number of unbranched alkanes of at least 4 members (excludes halogenated alkanes) is 11. The van der Waals surface area contributed by atoms with Crippen molar-refractivity contribution in [3.05, 3.63) is 36.5 Å². The molecule has 3 heteroatoms. The van der Waals surface area contributed by atoms with Crippen molar-refractivity contribution in [1.29, 1.82) is 0 Å². The summed E-state index contributed by atoms with van der Waals surface area (Å²) in [5.74, 6) is 0. The molecular weight excluding hydrogens is 306 g/mol. The SMILES string of the molecule is CCCCCCCCCCCCCCn1cc(-c2ccccc2)nn1. The lowest BCUT2D eigenvalue weighted by molar-refractivity contribution is 0.505. The highest BCUT2D eigenvalue weighted by molar-refractivity contribution is 5.56. The van der Waals surface area contributed by atoms with Crippen LogP contribution in [-0.4, -0.2) is 15.0 Å². The molecule has 0 unspecified atom stereocenters. The lowest BCUT2D eigenvalue weighted by Gasteiger charge is -2.03. The third kappa shape index (κ3) is 8.33. The smallest absolute Gasteiger partial charge is 0.113 e. The third-order valence-corrected chi connectivity index (χ3v) is 4.85. The molecule has 0 spiro atoms. The second kappa shape index (κ2) is 12.7. The molecule has 0 atom stereocenters. The minimum Gasteiger partial charge on any atom is -0.252 e. The summed E-state index contributed by atoms with van der Waals surface area (Å²) in [7, 11) is 0. The van der Waals surface area contributed by atoms with Gasteiger partial charge >= 0.3 is 0 Å². The van der Waals surface area contributed by atoms with E-state index in [0.29, 0.717) is 0 Å². The monoisotopic (exact) mass is 341 g/mol. The van der Waals surface area contributed by atoms with Crippen molar-refractivity contribution < 1.29 is 0 Å². The van der Waals surface area contributed by atoms with E-state index in [1.807, 2.05) is 22.9 Å². The predicted molar refractivity (Wildman–Crippen MR) is 107 cm³/mol. The van der Waals surface area contributed by atoms with Gasteiger partial charge in [0.2, 0.25) is 0 Å². The van der Waals surface area contributed by atoms with Crippen LogP contribution in [0.2, 0.25) is 0 Å². The molecule has 2 aromatic rings. The number of aryl methyl sites for hydroxylation is 1. The van der Waals surface area contributed by atoms with E-state index in [1.165, 1.54) is 77.0 Å². The predicted octanol–water partition coefficient (Wildman–Crippen LogP) is 6.65. The van der Waals surface area contributed by atoms with Crippen molar-refractivity contribution in [2.24, 2.45) is 0 Å². The lowest BCUT2D eigenvalue weighted by Crippen LogP contribution is -1.98. The van der Waals surface area contributed by atoms with Crippen LogP contribution in [0.1, 0.15) is 84.0 Å². The molecule has 0 aliphatic heterocycles. The summed E-state index contributed by atoms with van der Waals surface area (Å²) in [5, 5.41) is 8.52. The number of rotatable bonds is 14. The highest BCUT2D eigenvalue weighted by Crippen LogP contribution is 2.15. The van der Waals surface area contributed by atoms with Crippen molar-refractivity contribution in [1.82, 2.24) is 15.0 Å². The van der Waals surface area contributed by atoms with Crippen LogP contribution in [0.15, 0.2) is 36.5 Å². The number of hydrogen-bond acceptors (Lipinski definition) is 2. The van der Waals surface area contributed by atoms with Crippen molar-refractivity contribution in [3.63, 3.8) is 0 Å². The van der Waals surface area contributed by atoms with E-state index < -0.39 is 0 Å². The Morgan fingerprint density at radius 1 is 0.720 bits per heavy atom. The average molecular weight is 342 g/mol. The van der Waals surface area contributed by atoms with Crippen LogP contribution in [-0.2, 0) is 6.54 Å². The van der Waals surface area contributed by atoms with Crippen LogP contribution < -0.4 is 0 Å². The normalized spacial score (nSPS) is 11.1. The topological polar surface area (TPSA) is 30.7 Å². The maximum absolute atomic E-state index is 4.27. The fraction of sp³-hybridized carbons (Fsp3) is 0.636. The summed E-state index contributed by atoms with van der Waals surface area (Å²) in [6.07, 6.45) is 18.7. The molecule has 3 nitrogen and oxygen atoms in total. The fourth-order valence-corrected chi connectivity index (χ4v) is 3.26. The first-order chi connectivity index (χ1) is 12.4. The van der Waals surface area contributed by atoms with Crippen molar-refractivity contribution in [3.8, 4) is 11.3 Å². The van der Waals surface area contributed by atoms with Crippen LogP contribution in [0.4, 0.5) is 0 Å². The lowest BCUT2D eigenvalue weighted by atomic mass is 10.1. The Morgan fingerprint density at radius 3 is 1.88 bits per heavy atom. The van der Waals surface area contributed by atoms with Gasteiger partial charge in [-0.05, 0) is 6.42 Å². The molecule has 0 radical (unpaired) electrons. The average Bonchev–Trinajstić information content (AvgIpc) is 3.12. The molecule has 25 heavy (non-hydrogen) atoms. The van der Waals surface area contributed by atoms with Crippen molar-refractivity contribution in [2.45, 2.75) is 90.5 Å². The van der Waals surface area contributed by atoms with Gasteiger partial charge in [-0.3, -0.25) is 4.68 Å². The second-order valence-corrected chi connectivity index (χ2v) is 7.12. The molecule has 0 bridgehead atoms. The number of hydrogen-bond donors (Lipinski definition) is 0. The van der Waals surface area contributed by atoms with E-state index in [9.17, 15) is 0 Å². The van der Waals surface area contributed by atoms with E-state index in [0.717, 1.165) is 17.8 Å². The van der Waals surface area contributed by atoms with E-state index in [2.05, 4.69) is 35.6 Å². The Kier molecular flexibility index (Phi) is 9.99. The van der Waals surface area contributed by atoms with Crippen LogP contribution in [0.5, 0.6) is 0 Å². The maximum Gasteiger partial charge on any atom is 0.113 e. The molecule has 2 rings (SSSR count). The summed E-state index contributed by atoms with van der Waals surface area (Å²) in [5.41, 5.74) is 2.11. The minimum absolute atomic E-state index is 0.972. The van der Waals surface area contributed by atoms with Gasteiger partial charge in [0.15, 0.2) is 0 Å². The summed E-state index contributed by atoms with van der Waals surface area (Å²) >= 11 is 0. The molecule has 0 N–H and O–H groups in total. The van der Waals surface area contributed by atoms with E-state index in [4.69, 9.17) is 0 Å². The Labute approximate surface area is 153 Å². The number of nitrogens with zero attached hydrogens (tertiary/aromatic N) is 3. The van der Waals surface area contributed by atoms with Crippen LogP contribution >= 0.6 is 0 Å². The van der Waals surface area contributed by atoms with Crippen LogP contribution in [0.25, 0.3) is 11.3 Å². The first-order valence-electron chi connectivity index (χ1n) is 10.4. The van der Waals surface area contributed by atoms with Gasteiger partial charge in [-0.1, -0.05) is 113 Å². The third-order valence-electron chi connectivity index (χ3n) is 4.85. The summed E-state index contributed by atoms with van der Waals surface area (Å²) in [6.45, 7) is 3.27. The molecule has 0 amide bonds. The second-order valence-electron chi connectivity index (χ2n) is 7.12. The van der Waals surface area contributed by atoms with Gasteiger partial charge in [0.1, 0.15) is 5.69 Å². The van der Waals surface area contributed by atoms with Gasteiger partial charge in [-0.2, -0.15) is 0 Å². The molecule has 1 aromatic heterocycles. The standard InChI is InChI=1S/C22H35N3/c1-2-3-4-5-6-7-8-9-10-11-12-16-19-25-20-22(23-24-25)21-17-14-13-15-18-21/h13-15,17-18,20H,2-12,16,19H2,1H3. The number of benzene rings is 1. The fourth-order valence-electron chi connectivity index (χ4n) is 3.26. The molecular formula is C22H35N3. The van der Waals surface area contributed by atoms with Crippen molar-refractivity contribution >= 4 is 0 Å². The Morgan fingerprint density at radius 2 is 1.28 bits per heavy atom. The van der Waals surface area contributed by atoms with Gasteiger partial charge in [0, 0.05) is 12.1 Å². The van der Waals surface area contributed by atoms with Gasteiger partial charge in [0.25, 0.3) is 0 Å². The molecule has 0 saturated heterocycles.